The first-order valence-corrected chi connectivity index (χ1v) is 8.14. The molecule has 0 fully saturated rings. The Labute approximate surface area is 127 Å². The molecule has 0 saturated carbocycles. The van der Waals surface area contributed by atoms with Gasteiger partial charge in [-0.1, -0.05) is 11.6 Å². The van der Waals surface area contributed by atoms with Crippen LogP contribution in [-0.4, -0.2) is 25.7 Å². The molecule has 0 spiro atoms. The summed E-state index contributed by atoms with van der Waals surface area (Å²) >= 11 is 5.74. The van der Waals surface area contributed by atoms with E-state index < -0.39 is 15.7 Å². The van der Waals surface area contributed by atoms with E-state index in [9.17, 15) is 18.3 Å². The Hall–Kier alpha value is -2.05. The molecule has 2 N–H and O–H groups in total. The largest absolute Gasteiger partial charge is 0.506 e. The summed E-state index contributed by atoms with van der Waals surface area (Å²) in [6.45, 7) is 0. The monoisotopic (exact) mass is 325 g/mol. The molecule has 0 bridgehead atoms. The number of aromatic hydroxyl groups is 1. The highest BCUT2D eigenvalue weighted by molar-refractivity contribution is 7.90. The van der Waals surface area contributed by atoms with Gasteiger partial charge in [-0.3, -0.25) is 4.79 Å². The SMILES string of the molecule is CS(=O)(=O)c1ccc(NC(=O)c2ccc(O)c(Cl)c2)cc1. The number of anilines is 1. The molecule has 2 rings (SSSR count). The van der Waals surface area contributed by atoms with Crippen molar-refractivity contribution in [3.63, 3.8) is 0 Å². The Morgan fingerprint density at radius 3 is 2.29 bits per heavy atom. The van der Waals surface area contributed by atoms with Crippen LogP contribution in [0, 0.1) is 0 Å². The average molecular weight is 326 g/mol. The predicted octanol–water partition coefficient (Wildman–Crippen LogP) is 2.70. The second kappa shape index (κ2) is 5.75. The Balaban J connectivity index is 2.18. The first kappa shape index (κ1) is 15.3. The van der Waals surface area contributed by atoms with Crippen LogP contribution in [0.5, 0.6) is 5.75 Å². The Morgan fingerprint density at radius 2 is 1.76 bits per heavy atom. The summed E-state index contributed by atoms with van der Waals surface area (Å²) in [6, 6.07) is 9.92. The highest BCUT2D eigenvalue weighted by Crippen LogP contribution is 2.24. The van der Waals surface area contributed by atoms with Crippen molar-refractivity contribution in [1.82, 2.24) is 0 Å². The number of carbonyl (C=O) groups is 1. The molecule has 5 nitrogen and oxygen atoms in total. The lowest BCUT2D eigenvalue weighted by Gasteiger charge is -2.07. The highest BCUT2D eigenvalue weighted by Gasteiger charge is 2.10. The van der Waals surface area contributed by atoms with Crippen molar-refractivity contribution in [2.24, 2.45) is 0 Å². The molecule has 1 amide bonds. The number of carbonyl (C=O) groups excluding carboxylic acids is 1. The smallest absolute Gasteiger partial charge is 0.255 e. The number of rotatable bonds is 3. The Morgan fingerprint density at radius 1 is 1.14 bits per heavy atom. The van der Waals surface area contributed by atoms with Crippen LogP contribution < -0.4 is 5.32 Å². The topological polar surface area (TPSA) is 83.5 Å². The van der Waals surface area contributed by atoms with E-state index in [0.29, 0.717) is 5.69 Å². The van der Waals surface area contributed by atoms with Crippen molar-refractivity contribution in [3.8, 4) is 5.75 Å². The van der Waals surface area contributed by atoms with E-state index in [2.05, 4.69) is 5.32 Å². The maximum atomic E-state index is 12.0. The van der Waals surface area contributed by atoms with Crippen molar-refractivity contribution in [3.05, 3.63) is 53.1 Å². The lowest BCUT2D eigenvalue weighted by atomic mass is 10.2. The van der Waals surface area contributed by atoms with Gasteiger partial charge in [0.15, 0.2) is 9.84 Å². The third kappa shape index (κ3) is 3.74. The fourth-order valence-corrected chi connectivity index (χ4v) is 2.45. The van der Waals surface area contributed by atoms with Gasteiger partial charge in [-0.05, 0) is 42.5 Å². The molecule has 0 aliphatic carbocycles. The van der Waals surface area contributed by atoms with Gasteiger partial charge in [0.05, 0.1) is 9.92 Å². The summed E-state index contributed by atoms with van der Waals surface area (Å²) in [5.41, 5.74) is 0.738. The summed E-state index contributed by atoms with van der Waals surface area (Å²) in [4.78, 5) is 12.2. The zero-order chi connectivity index (χ0) is 15.6. The van der Waals surface area contributed by atoms with E-state index in [4.69, 9.17) is 11.6 Å². The number of hydrogen-bond acceptors (Lipinski definition) is 4. The van der Waals surface area contributed by atoms with Crippen LogP contribution in [0.4, 0.5) is 5.69 Å². The summed E-state index contributed by atoms with van der Waals surface area (Å²) in [5, 5.41) is 12.0. The van der Waals surface area contributed by atoms with Gasteiger partial charge in [0.1, 0.15) is 5.75 Å². The molecular weight excluding hydrogens is 314 g/mol. The van der Waals surface area contributed by atoms with Crippen LogP contribution in [-0.2, 0) is 9.84 Å². The van der Waals surface area contributed by atoms with Crippen molar-refractivity contribution in [1.29, 1.82) is 0 Å². The molecule has 0 radical (unpaired) electrons. The van der Waals surface area contributed by atoms with Gasteiger partial charge >= 0.3 is 0 Å². The molecular formula is C14H12ClNO4S. The molecule has 0 heterocycles. The number of hydrogen-bond donors (Lipinski definition) is 2. The minimum absolute atomic E-state index is 0.0788. The molecule has 2 aromatic carbocycles. The molecule has 2 aromatic rings. The zero-order valence-electron chi connectivity index (χ0n) is 11.0. The number of sulfone groups is 1. The Kier molecular flexibility index (Phi) is 4.20. The molecule has 0 aliphatic rings. The predicted molar refractivity (Wildman–Crippen MR) is 80.6 cm³/mol. The van der Waals surface area contributed by atoms with Crippen LogP contribution in [0.2, 0.25) is 5.02 Å². The molecule has 0 aliphatic heterocycles. The third-order valence-corrected chi connectivity index (χ3v) is 4.18. The van der Waals surface area contributed by atoms with Crippen molar-refractivity contribution >= 4 is 33.0 Å². The first-order valence-electron chi connectivity index (χ1n) is 5.87. The van der Waals surface area contributed by atoms with Gasteiger partial charge < -0.3 is 10.4 Å². The second-order valence-corrected chi connectivity index (χ2v) is 6.84. The number of phenols is 1. The van der Waals surface area contributed by atoms with Crippen LogP contribution >= 0.6 is 11.6 Å². The Bertz CT molecular complexity index is 785. The molecule has 21 heavy (non-hydrogen) atoms. The number of nitrogens with one attached hydrogen (secondary N) is 1. The number of amides is 1. The van der Waals surface area contributed by atoms with E-state index >= 15 is 0 Å². The van der Waals surface area contributed by atoms with Gasteiger partial charge in [-0.15, -0.1) is 0 Å². The van der Waals surface area contributed by atoms with Crippen LogP contribution in [0.15, 0.2) is 47.4 Å². The molecule has 0 unspecified atom stereocenters. The van der Waals surface area contributed by atoms with Crippen molar-refractivity contribution in [2.45, 2.75) is 4.90 Å². The number of phenolic OH excluding ortho intramolecular Hbond substituents is 1. The minimum Gasteiger partial charge on any atom is -0.506 e. The average Bonchev–Trinajstić information content (AvgIpc) is 2.41. The van der Waals surface area contributed by atoms with Gasteiger partial charge in [0.2, 0.25) is 0 Å². The van der Waals surface area contributed by atoms with Crippen LogP contribution in [0.1, 0.15) is 10.4 Å². The fourth-order valence-electron chi connectivity index (χ4n) is 1.64. The van der Waals surface area contributed by atoms with E-state index in [1.807, 2.05) is 0 Å². The quantitative estimate of drug-likeness (QED) is 0.908. The van der Waals surface area contributed by atoms with E-state index in [1.165, 1.54) is 42.5 Å². The van der Waals surface area contributed by atoms with Crippen LogP contribution in [0.3, 0.4) is 0 Å². The van der Waals surface area contributed by atoms with E-state index in [-0.39, 0.29) is 21.2 Å². The molecule has 0 atom stereocenters. The standard InChI is InChI=1S/C14H12ClNO4S/c1-21(19,20)11-5-3-10(4-6-11)16-14(18)9-2-7-13(17)12(15)8-9/h2-8,17H,1H3,(H,16,18). The lowest BCUT2D eigenvalue weighted by molar-refractivity contribution is 0.102. The summed E-state index contributed by atoms with van der Waals surface area (Å²) in [6.07, 6.45) is 1.11. The van der Waals surface area contributed by atoms with E-state index in [0.717, 1.165) is 6.26 Å². The molecule has 0 saturated heterocycles. The highest BCUT2D eigenvalue weighted by atomic mass is 35.5. The van der Waals surface area contributed by atoms with Crippen molar-refractivity contribution < 1.29 is 18.3 Å². The lowest BCUT2D eigenvalue weighted by Crippen LogP contribution is -2.11. The molecule has 7 heteroatoms. The zero-order valence-corrected chi connectivity index (χ0v) is 12.6. The van der Waals surface area contributed by atoms with Crippen molar-refractivity contribution in [2.75, 3.05) is 11.6 Å². The van der Waals surface area contributed by atoms with E-state index in [1.54, 1.807) is 0 Å². The van der Waals surface area contributed by atoms with Gasteiger partial charge in [-0.25, -0.2) is 8.42 Å². The van der Waals surface area contributed by atoms with Gasteiger partial charge in [-0.2, -0.15) is 0 Å². The third-order valence-electron chi connectivity index (χ3n) is 2.75. The van der Waals surface area contributed by atoms with Gasteiger partial charge in [0.25, 0.3) is 5.91 Å². The molecule has 110 valence electrons. The number of benzene rings is 2. The summed E-state index contributed by atoms with van der Waals surface area (Å²) < 4.78 is 22.7. The number of halogens is 1. The first-order chi connectivity index (χ1) is 9.77. The van der Waals surface area contributed by atoms with Gasteiger partial charge in [0, 0.05) is 17.5 Å². The normalized spacial score (nSPS) is 11.1. The maximum absolute atomic E-state index is 12.0. The van der Waals surface area contributed by atoms with Crippen LogP contribution in [0.25, 0.3) is 0 Å². The molecule has 0 aromatic heterocycles. The minimum atomic E-state index is -3.27. The second-order valence-electron chi connectivity index (χ2n) is 4.42. The summed E-state index contributed by atoms with van der Waals surface area (Å²) in [7, 11) is -3.27. The fraction of sp³-hybridized carbons (Fsp3) is 0.0714. The maximum Gasteiger partial charge on any atom is 0.255 e. The summed E-state index contributed by atoms with van der Waals surface area (Å²) in [5.74, 6) is -0.519.